The fourth-order valence-electron chi connectivity index (χ4n) is 3.77. The van der Waals surface area contributed by atoms with Gasteiger partial charge in [0, 0.05) is 18.4 Å². The summed E-state index contributed by atoms with van der Waals surface area (Å²) in [5.41, 5.74) is 4.22. The van der Waals surface area contributed by atoms with Crippen molar-refractivity contribution in [3.8, 4) is 5.75 Å². The highest BCUT2D eigenvalue weighted by atomic mass is 16.5. The quantitative estimate of drug-likeness (QED) is 0.145. The van der Waals surface area contributed by atoms with Crippen LogP contribution in [0, 0.1) is 0 Å². The van der Waals surface area contributed by atoms with Gasteiger partial charge in [0.15, 0.2) is 5.78 Å². The fraction of sp³-hybridized carbons (Fsp3) is 0.478. The lowest BCUT2D eigenvalue weighted by molar-refractivity contribution is -0.131. The zero-order valence-electron chi connectivity index (χ0n) is 16.3. The minimum absolute atomic E-state index is 0.109. The summed E-state index contributed by atoms with van der Waals surface area (Å²) >= 11 is 0. The van der Waals surface area contributed by atoms with Gasteiger partial charge in [0.2, 0.25) is 0 Å². The number of rotatable bonds is 8. The molecule has 0 fully saturated rings. The Balaban J connectivity index is 2.58. The van der Waals surface area contributed by atoms with Crippen LogP contribution in [-0.4, -0.2) is 11.8 Å². The maximum absolute atomic E-state index is 12.6. The molecule has 0 amide bonds. The van der Waals surface area contributed by atoms with Gasteiger partial charge in [-0.2, -0.15) is 0 Å². The Morgan fingerprint density at radius 3 is 2.69 bits per heavy atom. The fourth-order valence-corrected chi connectivity index (χ4v) is 3.77. The molecule has 0 spiro atoms. The number of ether oxygens (including phenoxy) is 1. The van der Waals surface area contributed by atoms with Gasteiger partial charge in [-0.25, -0.2) is 0 Å². The molecule has 2 rings (SSSR count). The second kappa shape index (κ2) is 9.51. The van der Waals surface area contributed by atoms with Gasteiger partial charge in [0.1, 0.15) is 5.75 Å². The lowest BCUT2D eigenvalue weighted by atomic mass is 9.79. The molecule has 1 aromatic carbocycles. The van der Waals surface area contributed by atoms with Gasteiger partial charge in [-0.05, 0) is 68.4 Å². The number of allylic oxidation sites excluding steroid dienone is 3. The third-order valence-electron chi connectivity index (χ3n) is 4.94. The first-order chi connectivity index (χ1) is 12.5. The number of carbonyl (C=O) groups is 2. The predicted octanol–water partition coefficient (Wildman–Crippen LogP) is 5.93. The highest BCUT2D eigenvalue weighted by Gasteiger charge is 2.24. The van der Waals surface area contributed by atoms with Crippen molar-refractivity contribution in [1.29, 1.82) is 0 Å². The predicted molar refractivity (Wildman–Crippen MR) is 106 cm³/mol. The minimum Gasteiger partial charge on any atom is -0.427 e. The maximum atomic E-state index is 12.6. The Labute approximate surface area is 157 Å². The van der Waals surface area contributed by atoms with E-state index >= 15 is 0 Å². The highest BCUT2D eigenvalue weighted by molar-refractivity contribution is 6.06. The molecule has 0 unspecified atom stereocenters. The van der Waals surface area contributed by atoms with Crippen molar-refractivity contribution in [1.82, 2.24) is 0 Å². The van der Waals surface area contributed by atoms with Crippen LogP contribution in [0.2, 0.25) is 0 Å². The lowest BCUT2D eigenvalue weighted by Gasteiger charge is -2.25. The molecule has 1 atom stereocenters. The molecule has 3 heteroatoms. The van der Waals surface area contributed by atoms with E-state index in [1.165, 1.54) is 18.6 Å². The van der Waals surface area contributed by atoms with Crippen molar-refractivity contribution in [2.24, 2.45) is 0 Å². The van der Waals surface area contributed by atoms with Gasteiger partial charge in [-0.3, -0.25) is 9.59 Å². The summed E-state index contributed by atoms with van der Waals surface area (Å²) in [6, 6.07) is 3.66. The summed E-state index contributed by atoms with van der Waals surface area (Å²) < 4.78 is 5.32. The summed E-state index contributed by atoms with van der Waals surface area (Å²) in [7, 11) is 0. The summed E-state index contributed by atoms with van der Waals surface area (Å²) in [5, 5.41) is 0. The standard InChI is InChI=1S/C23H30O3/c1-5-7-8-11-19-14-20(26-17(4)24)15-21(22(25)6-2)23(19)18-12-9-10-16(3)13-18/h6,13-15,18H,2,5,7-12H2,1,3-4H3/t18-/m0/s1. The van der Waals surface area contributed by atoms with Crippen LogP contribution in [0.5, 0.6) is 5.75 Å². The number of aryl methyl sites for hydroxylation is 1. The Morgan fingerprint density at radius 1 is 1.31 bits per heavy atom. The lowest BCUT2D eigenvalue weighted by Crippen LogP contribution is -2.13. The van der Waals surface area contributed by atoms with E-state index < -0.39 is 0 Å². The molecule has 3 nitrogen and oxygen atoms in total. The van der Waals surface area contributed by atoms with E-state index in [0.29, 0.717) is 11.3 Å². The molecule has 0 saturated heterocycles. The highest BCUT2D eigenvalue weighted by Crippen LogP contribution is 2.38. The van der Waals surface area contributed by atoms with Crippen LogP contribution in [-0.2, 0) is 11.2 Å². The molecule has 0 aromatic heterocycles. The van der Waals surface area contributed by atoms with Gasteiger partial charge in [-0.15, -0.1) is 0 Å². The summed E-state index contributed by atoms with van der Waals surface area (Å²) in [5.74, 6) is 0.213. The number of unbranched alkanes of at least 4 members (excludes halogenated alkanes) is 2. The Hall–Kier alpha value is -2.16. The zero-order valence-corrected chi connectivity index (χ0v) is 16.3. The van der Waals surface area contributed by atoms with Gasteiger partial charge in [0.25, 0.3) is 0 Å². The van der Waals surface area contributed by atoms with Crippen molar-refractivity contribution in [3.05, 3.63) is 53.1 Å². The molecule has 0 saturated carbocycles. The monoisotopic (exact) mass is 354 g/mol. The van der Waals surface area contributed by atoms with Crippen molar-refractivity contribution >= 4 is 11.8 Å². The van der Waals surface area contributed by atoms with E-state index in [1.807, 2.05) is 6.07 Å². The molecule has 0 heterocycles. The third-order valence-corrected chi connectivity index (χ3v) is 4.94. The number of benzene rings is 1. The average Bonchev–Trinajstić information content (AvgIpc) is 2.60. The topological polar surface area (TPSA) is 43.4 Å². The molecule has 1 aliphatic rings. The van der Waals surface area contributed by atoms with Gasteiger partial charge >= 0.3 is 5.97 Å². The van der Waals surface area contributed by atoms with E-state index in [4.69, 9.17) is 4.74 Å². The first-order valence-electron chi connectivity index (χ1n) is 9.65. The van der Waals surface area contributed by atoms with Crippen LogP contribution in [0.3, 0.4) is 0 Å². The van der Waals surface area contributed by atoms with Crippen molar-refractivity contribution in [3.63, 3.8) is 0 Å². The molecule has 0 radical (unpaired) electrons. The Bertz CT molecular complexity index is 712. The maximum Gasteiger partial charge on any atom is 0.308 e. The number of carbonyl (C=O) groups excluding carboxylic acids is 2. The minimum atomic E-state index is -0.373. The van der Waals surface area contributed by atoms with Crippen LogP contribution < -0.4 is 4.74 Å². The zero-order chi connectivity index (χ0) is 19.1. The van der Waals surface area contributed by atoms with Crippen molar-refractivity contribution in [2.75, 3.05) is 0 Å². The summed E-state index contributed by atoms with van der Waals surface area (Å²) in [6.07, 6.45) is 11.2. The smallest absolute Gasteiger partial charge is 0.308 e. The molecule has 0 aliphatic heterocycles. The van der Waals surface area contributed by atoms with E-state index in [9.17, 15) is 9.59 Å². The van der Waals surface area contributed by atoms with E-state index in [2.05, 4.69) is 26.5 Å². The van der Waals surface area contributed by atoms with E-state index in [0.717, 1.165) is 56.1 Å². The number of hydrogen-bond acceptors (Lipinski definition) is 3. The van der Waals surface area contributed by atoms with Crippen LogP contribution in [0.4, 0.5) is 0 Å². The number of hydrogen-bond donors (Lipinski definition) is 0. The first kappa shape index (κ1) is 20.2. The molecule has 26 heavy (non-hydrogen) atoms. The normalized spacial score (nSPS) is 16.7. The third kappa shape index (κ3) is 5.17. The van der Waals surface area contributed by atoms with Gasteiger partial charge in [0.05, 0.1) is 0 Å². The van der Waals surface area contributed by atoms with Crippen LogP contribution in [0.25, 0.3) is 0 Å². The van der Waals surface area contributed by atoms with E-state index in [1.54, 1.807) is 6.07 Å². The van der Waals surface area contributed by atoms with Crippen LogP contribution in [0.15, 0.2) is 36.4 Å². The van der Waals surface area contributed by atoms with Crippen molar-refractivity contribution < 1.29 is 14.3 Å². The van der Waals surface area contributed by atoms with Crippen LogP contribution in [0.1, 0.15) is 86.7 Å². The first-order valence-corrected chi connectivity index (χ1v) is 9.65. The van der Waals surface area contributed by atoms with Gasteiger partial charge < -0.3 is 4.74 Å². The number of esters is 1. The molecule has 1 aliphatic carbocycles. The molecule has 0 N–H and O–H groups in total. The van der Waals surface area contributed by atoms with Gasteiger partial charge in [-0.1, -0.05) is 38.0 Å². The molecule has 1 aromatic rings. The molecular weight excluding hydrogens is 324 g/mol. The SMILES string of the molecule is C=CC(=O)c1cc(OC(C)=O)cc(CCCCC)c1[C@@H]1C=C(C)CCC1. The Morgan fingerprint density at radius 2 is 2.08 bits per heavy atom. The summed E-state index contributed by atoms with van der Waals surface area (Å²) in [6.45, 7) is 9.38. The average molecular weight is 354 g/mol. The van der Waals surface area contributed by atoms with Crippen LogP contribution >= 0.6 is 0 Å². The molecule has 0 bridgehead atoms. The largest absolute Gasteiger partial charge is 0.427 e. The van der Waals surface area contributed by atoms with E-state index in [-0.39, 0.29) is 17.7 Å². The molecule has 140 valence electrons. The summed E-state index contributed by atoms with van der Waals surface area (Å²) in [4.78, 5) is 24.0. The Kier molecular flexibility index (Phi) is 7.38. The second-order valence-electron chi connectivity index (χ2n) is 7.17. The second-order valence-corrected chi connectivity index (χ2v) is 7.17. The molecular formula is C23H30O3. The number of ketones is 1. The van der Waals surface area contributed by atoms with Crippen molar-refractivity contribution in [2.45, 2.75) is 71.6 Å².